The smallest absolute Gasteiger partial charge is 0.114 e. The first kappa shape index (κ1) is 10.7. The van der Waals surface area contributed by atoms with Crippen LogP contribution in [0.15, 0.2) is 41.6 Å². The van der Waals surface area contributed by atoms with E-state index in [0.717, 1.165) is 16.4 Å². The van der Waals surface area contributed by atoms with Crippen LogP contribution < -0.4 is 0 Å². The van der Waals surface area contributed by atoms with Crippen molar-refractivity contribution in [2.75, 3.05) is 6.26 Å². The van der Waals surface area contributed by atoms with E-state index >= 15 is 0 Å². The molecule has 0 aliphatic rings. The highest BCUT2D eigenvalue weighted by atomic mass is 32.2. The number of hydrogen-bond donors (Lipinski definition) is 0. The molecule has 0 atom stereocenters. The average Bonchev–Trinajstić information content (AvgIpc) is 2.39. The van der Waals surface area contributed by atoms with Crippen molar-refractivity contribution in [3.05, 3.63) is 42.1 Å². The van der Waals surface area contributed by atoms with Crippen LogP contribution in [-0.2, 0) is 0 Å². The highest BCUT2D eigenvalue weighted by Gasteiger charge is 2.06. The molecule has 2 heterocycles. The van der Waals surface area contributed by atoms with Crippen molar-refractivity contribution in [3.63, 3.8) is 0 Å². The van der Waals surface area contributed by atoms with Gasteiger partial charge < -0.3 is 0 Å². The van der Waals surface area contributed by atoms with E-state index in [1.165, 1.54) is 11.8 Å². The third kappa shape index (κ3) is 2.05. The molecule has 0 aromatic carbocycles. The molecule has 3 nitrogen and oxygen atoms in total. The van der Waals surface area contributed by atoms with Crippen LogP contribution >= 0.6 is 11.8 Å². The molecular weight excluding hydrogens is 218 g/mol. The van der Waals surface area contributed by atoms with Crippen LogP contribution in [0.4, 0.5) is 0 Å². The zero-order valence-corrected chi connectivity index (χ0v) is 9.53. The van der Waals surface area contributed by atoms with E-state index in [0.29, 0.717) is 5.56 Å². The molecule has 0 unspecified atom stereocenters. The molecule has 0 fully saturated rings. The van der Waals surface area contributed by atoms with Crippen molar-refractivity contribution in [2.24, 2.45) is 0 Å². The third-order valence-corrected chi connectivity index (χ3v) is 2.80. The molecule has 0 spiro atoms. The molecular formula is C12H9N3S. The van der Waals surface area contributed by atoms with E-state index in [9.17, 15) is 0 Å². The van der Waals surface area contributed by atoms with Gasteiger partial charge in [-0.3, -0.25) is 4.98 Å². The van der Waals surface area contributed by atoms with Gasteiger partial charge in [-0.15, -0.1) is 11.8 Å². The van der Waals surface area contributed by atoms with Crippen molar-refractivity contribution < 1.29 is 0 Å². The van der Waals surface area contributed by atoms with E-state index in [-0.39, 0.29) is 0 Å². The maximum atomic E-state index is 8.89. The Morgan fingerprint density at radius 3 is 2.69 bits per heavy atom. The molecule has 0 aliphatic carbocycles. The van der Waals surface area contributed by atoms with Crippen LogP contribution in [0.5, 0.6) is 0 Å². The number of nitriles is 1. The molecule has 0 N–H and O–H groups in total. The SMILES string of the molecule is CSc1nc(-c2ccccn2)ccc1C#N. The first-order valence-corrected chi connectivity index (χ1v) is 5.94. The topological polar surface area (TPSA) is 49.6 Å². The van der Waals surface area contributed by atoms with E-state index in [1.54, 1.807) is 12.3 Å². The summed E-state index contributed by atoms with van der Waals surface area (Å²) in [5.74, 6) is 0. The van der Waals surface area contributed by atoms with E-state index in [1.807, 2.05) is 30.5 Å². The summed E-state index contributed by atoms with van der Waals surface area (Å²) in [4.78, 5) is 8.64. The zero-order valence-electron chi connectivity index (χ0n) is 8.71. The van der Waals surface area contributed by atoms with Gasteiger partial charge in [0, 0.05) is 6.20 Å². The number of hydrogen-bond acceptors (Lipinski definition) is 4. The summed E-state index contributed by atoms with van der Waals surface area (Å²) in [5, 5.41) is 9.63. The predicted molar refractivity (Wildman–Crippen MR) is 64.0 cm³/mol. The van der Waals surface area contributed by atoms with Gasteiger partial charge in [0.2, 0.25) is 0 Å². The maximum Gasteiger partial charge on any atom is 0.114 e. The van der Waals surface area contributed by atoms with Gasteiger partial charge in [-0.2, -0.15) is 5.26 Å². The lowest BCUT2D eigenvalue weighted by molar-refractivity contribution is 1.10. The fraction of sp³-hybridized carbons (Fsp3) is 0.0833. The Morgan fingerprint density at radius 1 is 1.19 bits per heavy atom. The Kier molecular flexibility index (Phi) is 3.18. The summed E-state index contributed by atoms with van der Waals surface area (Å²) < 4.78 is 0. The fourth-order valence-corrected chi connectivity index (χ4v) is 1.86. The van der Waals surface area contributed by atoms with E-state index < -0.39 is 0 Å². The average molecular weight is 227 g/mol. The van der Waals surface area contributed by atoms with Crippen LogP contribution in [0.25, 0.3) is 11.4 Å². The largest absolute Gasteiger partial charge is 0.255 e. The lowest BCUT2D eigenvalue weighted by Crippen LogP contribution is -1.91. The summed E-state index contributed by atoms with van der Waals surface area (Å²) in [6.07, 6.45) is 3.64. The van der Waals surface area contributed by atoms with Crippen molar-refractivity contribution in [1.82, 2.24) is 9.97 Å². The third-order valence-electron chi connectivity index (χ3n) is 2.10. The first-order chi connectivity index (χ1) is 7.85. The minimum atomic E-state index is 0.604. The van der Waals surface area contributed by atoms with E-state index in [2.05, 4.69) is 16.0 Å². The molecule has 0 saturated heterocycles. The van der Waals surface area contributed by atoms with Gasteiger partial charge in [0.25, 0.3) is 0 Å². The van der Waals surface area contributed by atoms with Gasteiger partial charge in [0.15, 0.2) is 0 Å². The number of nitrogens with zero attached hydrogens (tertiary/aromatic N) is 3. The highest BCUT2D eigenvalue weighted by Crippen LogP contribution is 2.22. The molecule has 2 rings (SSSR count). The van der Waals surface area contributed by atoms with Crippen LogP contribution in [0.3, 0.4) is 0 Å². The Morgan fingerprint density at radius 2 is 2.06 bits per heavy atom. The van der Waals surface area contributed by atoms with Crippen molar-refractivity contribution in [3.8, 4) is 17.5 Å². The van der Waals surface area contributed by atoms with Gasteiger partial charge in [0.05, 0.1) is 17.0 Å². The Bertz CT molecular complexity index is 532. The van der Waals surface area contributed by atoms with Gasteiger partial charge in [-0.05, 0) is 30.5 Å². The van der Waals surface area contributed by atoms with Crippen molar-refractivity contribution in [1.29, 1.82) is 5.26 Å². The maximum absolute atomic E-state index is 8.89. The number of pyridine rings is 2. The summed E-state index contributed by atoms with van der Waals surface area (Å²) in [6, 6.07) is 11.4. The second-order valence-corrected chi connectivity index (χ2v) is 3.88. The predicted octanol–water partition coefficient (Wildman–Crippen LogP) is 2.74. The van der Waals surface area contributed by atoms with Crippen LogP contribution in [0, 0.1) is 11.3 Å². The zero-order chi connectivity index (χ0) is 11.4. The quantitative estimate of drug-likeness (QED) is 0.740. The van der Waals surface area contributed by atoms with Crippen molar-refractivity contribution >= 4 is 11.8 Å². The lowest BCUT2D eigenvalue weighted by Gasteiger charge is -2.03. The Hall–Kier alpha value is -1.86. The summed E-state index contributed by atoms with van der Waals surface area (Å²) in [5.41, 5.74) is 2.22. The Balaban J connectivity index is 2.49. The second kappa shape index (κ2) is 4.77. The minimum absolute atomic E-state index is 0.604. The van der Waals surface area contributed by atoms with Gasteiger partial charge in [-0.25, -0.2) is 4.98 Å². The van der Waals surface area contributed by atoms with Crippen LogP contribution in [-0.4, -0.2) is 16.2 Å². The van der Waals surface area contributed by atoms with Crippen LogP contribution in [0.2, 0.25) is 0 Å². The molecule has 2 aromatic heterocycles. The first-order valence-electron chi connectivity index (χ1n) is 4.71. The number of thioether (sulfide) groups is 1. The van der Waals surface area contributed by atoms with Gasteiger partial charge in [-0.1, -0.05) is 6.07 Å². The standard InChI is InChI=1S/C12H9N3S/c1-16-12-9(8-13)5-6-11(15-12)10-4-2-3-7-14-10/h2-7H,1H3. The molecule has 0 radical (unpaired) electrons. The summed E-state index contributed by atoms with van der Waals surface area (Å²) in [6.45, 7) is 0. The summed E-state index contributed by atoms with van der Waals surface area (Å²) in [7, 11) is 0. The molecule has 0 bridgehead atoms. The molecule has 0 amide bonds. The molecule has 2 aromatic rings. The van der Waals surface area contributed by atoms with Crippen molar-refractivity contribution in [2.45, 2.75) is 5.03 Å². The molecule has 0 saturated carbocycles. The monoisotopic (exact) mass is 227 g/mol. The molecule has 0 aliphatic heterocycles. The molecule has 16 heavy (non-hydrogen) atoms. The van der Waals surface area contributed by atoms with Gasteiger partial charge in [0.1, 0.15) is 11.1 Å². The number of aromatic nitrogens is 2. The fourth-order valence-electron chi connectivity index (χ4n) is 1.34. The van der Waals surface area contributed by atoms with E-state index in [4.69, 9.17) is 5.26 Å². The second-order valence-electron chi connectivity index (χ2n) is 3.08. The highest BCUT2D eigenvalue weighted by molar-refractivity contribution is 7.98. The Labute approximate surface area is 98.2 Å². The van der Waals surface area contributed by atoms with Crippen LogP contribution in [0.1, 0.15) is 5.56 Å². The minimum Gasteiger partial charge on any atom is -0.255 e. The number of rotatable bonds is 2. The molecule has 4 heteroatoms. The van der Waals surface area contributed by atoms with Gasteiger partial charge >= 0.3 is 0 Å². The normalized spacial score (nSPS) is 9.75. The summed E-state index contributed by atoms with van der Waals surface area (Å²) >= 11 is 1.47. The lowest BCUT2D eigenvalue weighted by atomic mass is 10.2. The molecule has 78 valence electrons.